The van der Waals surface area contributed by atoms with E-state index in [1.165, 1.54) is 0 Å². The molecule has 1 aromatic heterocycles. The van der Waals surface area contributed by atoms with E-state index in [-0.39, 0.29) is 12.5 Å². The van der Waals surface area contributed by atoms with Crippen LogP contribution >= 0.6 is 0 Å². The van der Waals surface area contributed by atoms with Crippen LogP contribution in [0.15, 0.2) is 30.5 Å². The van der Waals surface area contributed by atoms with Crippen molar-refractivity contribution in [3.05, 3.63) is 36.0 Å². The molecule has 0 spiro atoms. The second-order valence-electron chi connectivity index (χ2n) is 4.62. The molecule has 2 aromatic rings. The Hall–Kier alpha value is -1.81. The molecule has 0 aliphatic rings. The van der Waals surface area contributed by atoms with Crippen LogP contribution in [0.25, 0.3) is 10.9 Å². The summed E-state index contributed by atoms with van der Waals surface area (Å²) in [5.74, 6) is -0.0180. The number of H-pyrrole nitrogens is 1. The molecule has 102 valence electrons. The van der Waals surface area contributed by atoms with Gasteiger partial charge in [0.1, 0.15) is 0 Å². The maximum atomic E-state index is 12.5. The lowest BCUT2D eigenvalue weighted by molar-refractivity contribution is 0.0721. The molecule has 0 fully saturated rings. The van der Waals surface area contributed by atoms with E-state index in [0.717, 1.165) is 23.7 Å². The number of aliphatic hydroxyl groups excluding tert-OH is 1. The Morgan fingerprint density at radius 2 is 2.16 bits per heavy atom. The van der Waals surface area contributed by atoms with Crippen LogP contribution in [0.3, 0.4) is 0 Å². The van der Waals surface area contributed by atoms with Gasteiger partial charge in [-0.1, -0.05) is 25.5 Å². The number of aromatic nitrogens is 1. The third-order valence-corrected chi connectivity index (χ3v) is 3.26. The lowest BCUT2D eigenvalue weighted by Crippen LogP contribution is -2.34. The molecule has 0 aliphatic heterocycles. The third kappa shape index (κ3) is 2.96. The highest BCUT2D eigenvalue weighted by Crippen LogP contribution is 2.18. The van der Waals surface area contributed by atoms with Gasteiger partial charge in [0, 0.05) is 24.7 Å². The van der Waals surface area contributed by atoms with E-state index in [1.54, 1.807) is 4.90 Å². The Labute approximate surface area is 113 Å². The SMILES string of the molecule is CCCCN(CCO)C(=O)c1cccc2cc[nH]c12. The highest BCUT2D eigenvalue weighted by atomic mass is 16.3. The number of aliphatic hydroxyl groups is 1. The van der Waals surface area contributed by atoms with Crippen LogP contribution in [-0.4, -0.2) is 40.6 Å². The number of carbonyl (C=O) groups excluding carboxylic acids is 1. The molecule has 19 heavy (non-hydrogen) atoms. The largest absolute Gasteiger partial charge is 0.395 e. The van der Waals surface area contributed by atoms with Gasteiger partial charge in [0.05, 0.1) is 17.7 Å². The summed E-state index contributed by atoms with van der Waals surface area (Å²) in [7, 11) is 0. The summed E-state index contributed by atoms with van der Waals surface area (Å²) in [5.41, 5.74) is 1.54. The van der Waals surface area contributed by atoms with Crippen molar-refractivity contribution in [2.24, 2.45) is 0 Å². The van der Waals surface area contributed by atoms with Crippen LogP contribution in [0, 0.1) is 0 Å². The van der Waals surface area contributed by atoms with Crippen molar-refractivity contribution in [1.82, 2.24) is 9.88 Å². The highest BCUT2D eigenvalue weighted by Gasteiger charge is 2.17. The molecule has 1 aromatic carbocycles. The number of nitrogens with zero attached hydrogens (tertiary/aromatic N) is 1. The molecule has 0 atom stereocenters. The fraction of sp³-hybridized carbons (Fsp3) is 0.400. The van der Waals surface area contributed by atoms with Crippen LogP contribution in [0.1, 0.15) is 30.1 Å². The smallest absolute Gasteiger partial charge is 0.256 e. The predicted octanol–water partition coefficient (Wildman–Crippen LogP) is 2.40. The Morgan fingerprint density at radius 3 is 2.89 bits per heavy atom. The van der Waals surface area contributed by atoms with E-state index in [0.29, 0.717) is 18.7 Å². The summed E-state index contributed by atoms with van der Waals surface area (Å²) in [6, 6.07) is 7.65. The predicted molar refractivity (Wildman–Crippen MR) is 76.2 cm³/mol. The summed E-state index contributed by atoms with van der Waals surface area (Å²) in [5, 5.41) is 10.1. The normalized spacial score (nSPS) is 10.8. The topological polar surface area (TPSA) is 56.3 Å². The van der Waals surface area contributed by atoms with E-state index in [9.17, 15) is 4.79 Å². The van der Waals surface area contributed by atoms with Crippen LogP contribution in [0.4, 0.5) is 0 Å². The molecule has 0 saturated carbocycles. The molecule has 1 heterocycles. The van der Waals surface area contributed by atoms with Crippen LogP contribution < -0.4 is 0 Å². The van der Waals surface area contributed by atoms with E-state index in [2.05, 4.69) is 11.9 Å². The first-order valence-corrected chi connectivity index (χ1v) is 6.74. The van der Waals surface area contributed by atoms with E-state index in [4.69, 9.17) is 5.11 Å². The second-order valence-corrected chi connectivity index (χ2v) is 4.62. The first-order valence-electron chi connectivity index (χ1n) is 6.74. The molecule has 0 unspecified atom stereocenters. The van der Waals surface area contributed by atoms with Gasteiger partial charge in [-0.3, -0.25) is 4.79 Å². The molecule has 2 rings (SSSR count). The van der Waals surface area contributed by atoms with E-state index in [1.807, 2.05) is 30.5 Å². The molecule has 4 nitrogen and oxygen atoms in total. The van der Waals surface area contributed by atoms with E-state index < -0.39 is 0 Å². The zero-order valence-electron chi connectivity index (χ0n) is 11.2. The summed E-state index contributed by atoms with van der Waals surface area (Å²) in [6.07, 6.45) is 3.82. The average molecular weight is 260 g/mol. The van der Waals surface area contributed by atoms with Crippen molar-refractivity contribution in [2.75, 3.05) is 19.7 Å². The molecule has 0 bridgehead atoms. The molecule has 0 radical (unpaired) electrons. The lowest BCUT2D eigenvalue weighted by atomic mass is 10.1. The molecule has 1 amide bonds. The van der Waals surface area contributed by atoms with Crippen LogP contribution in [0.5, 0.6) is 0 Å². The number of aromatic amines is 1. The van der Waals surface area contributed by atoms with Gasteiger partial charge in [-0.05, 0) is 18.6 Å². The summed E-state index contributed by atoms with van der Waals surface area (Å²) >= 11 is 0. The van der Waals surface area contributed by atoms with Crippen molar-refractivity contribution >= 4 is 16.8 Å². The van der Waals surface area contributed by atoms with Crippen molar-refractivity contribution in [2.45, 2.75) is 19.8 Å². The minimum absolute atomic E-state index is 0.00381. The fourth-order valence-corrected chi connectivity index (χ4v) is 2.22. The molecular formula is C15H20N2O2. The Morgan fingerprint density at radius 1 is 1.32 bits per heavy atom. The number of unbranched alkanes of at least 4 members (excludes halogenated alkanes) is 1. The van der Waals surface area contributed by atoms with Crippen LogP contribution in [-0.2, 0) is 0 Å². The zero-order chi connectivity index (χ0) is 13.7. The van der Waals surface area contributed by atoms with Crippen molar-refractivity contribution in [3.63, 3.8) is 0 Å². The number of amides is 1. The number of nitrogens with one attached hydrogen (secondary N) is 1. The summed E-state index contributed by atoms with van der Waals surface area (Å²) in [6.45, 7) is 3.16. The minimum Gasteiger partial charge on any atom is -0.395 e. The Bertz CT molecular complexity index is 548. The highest BCUT2D eigenvalue weighted by molar-refractivity contribution is 6.05. The Balaban J connectivity index is 2.27. The number of fused-ring (bicyclic) bond motifs is 1. The number of benzene rings is 1. The minimum atomic E-state index is -0.0180. The standard InChI is InChI=1S/C15H20N2O2/c1-2-3-9-17(10-11-18)15(19)13-6-4-5-12-7-8-16-14(12)13/h4-8,16,18H,2-3,9-11H2,1H3. The van der Waals surface area contributed by atoms with Crippen molar-refractivity contribution < 1.29 is 9.90 Å². The zero-order valence-corrected chi connectivity index (χ0v) is 11.2. The fourth-order valence-electron chi connectivity index (χ4n) is 2.22. The maximum absolute atomic E-state index is 12.5. The first kappa shape index (κ1) is 13.6. The number of carbonyl (C=O) groups is 1. The quantitative estimate of drug-likeness (QED) is 0.838. The Kier molecular flexibility index (Phi) is 4.58. The summed E-state index contributed by atoms with van der Waals surface area (Å²) < 4.78 is 0. The van der Waals surface area contributed by atoms with Crippen LogP contribution in [0.2, 0.25) is 0 Å². The van der Waals surface area contributed by atoms with Gasteiger partial charge in [-0.25, -0.2) is 0 Å². The number of hydrogen-bond acceptors (Lipinski definition) is 2. The molecule has 0 saturated heterocycles. The van der Waals surface area contributed by atoms with E-state index >= 15 is 0 Å². The molecular weight excluding hydrogens is 240 g/mol. The van der Waals surface area contributed by atoms with Crippen molar-refractivity contribution in [1.29, 1.82) is 0 Å². The molecule has 2 N–H and O–H groups in total. The maximum Gasteiger partial charge on any atom is 0.256 e. The van der Waals surface area contributed by atoms with Gasteiger partial charge in [-0.15, -0.1) is 0 Å². The third-order valence-electron chi connectivity index (χ3n) is 3.26. The number of para-hydroxylation sites is 1. The van der Waals surface area contributed by atoms with Gasteiger partial charge in [0.25, 0.3) is 5.91 Å². The second kappa shape index (κ2) is 6.38. The number of hydrogen-bond donors (Lipinski definition) is 2. The van der Waals surface area contributed by atoms with Crippen molar-refractivity contribution in [3.8, 4) is 0 Å². The number of rotatable bonds is 6. The summed E-state index contributed by atoms with van der Waals surface area (Å²) in [4.78, 5) is 17.4. The monoisotopic (exact) mass is 260 g/mol. The van der Waals surface area contributed by atoms with Gasteiger partial charge in [0.15, 0.2) is 0 Å². The lowest BCUT2D eigenvalue weighted by Gasteiger charge is -2.21. The van der Waals surface area contributed by atoms with Gasteiger partial charge in [-0.2, -0.15) is 0 Å². The first-order chi connectivity index (χ1) is 9.27. The van der Waals surface area contributed by atoms with Gasteiger partial charge in [0.2, 0.25) is 0 Å². The average Bonchev–Trinajstić information content (AvgIpc) is 2.91. The van der Waals surface area contributed by atoms with Gasteiger partial charge < -0.3 is 15.0 Å². The molecule has 0 aliphatic carbocycles. The molecule has 4 heteroatoms. The van der Waals surface area contributed by atoms with Gasteiger partial charge >= 0.3 is 0 Å².